The minimum atomic E-state index is -0.793. The topological polar surface area (TPSA) is 154 Å². The molecular weight excluding hydrogens is 757 g/mol. The third kappa shape index (κ3) is 10.5. The van der Waals surface area contributed by atoms with Crippen LogP contribution in [0.1, 0.15) is 37.2 Å². The zero-order valence-electron chi connectivity index (χ0n) is 47.7. The van der Waals surface area contributed by atoms with E-state index in [0.717, 1.165) is 24.3 Å². The maximum Gasteiger partial charge on any atom is 0.569 e. The molecule has 58 heavy (non-hydrogen) atoms. The van der Waals surface area contributed by atoms with Gasteiger partial charge in [0.15, 0.2) is 29.1 Å². The number of benzene rings is 6. The largest absolute Gasteiger partial charge is 0.569 e. The van der Waals surface area contributed by atoms with Gasteiger partial charge in [0.25, 0.3) is 0 Å². The number of hydrogen-bond acceptors (Lipinski definition) is 10. The van der Waals surface area contributed by atoms with Gasteiger partial charge in [-0.3, -0.25) is 0 Å². The van der Waals surface area contributed by atoms with Gasteiger partial charge in [0.2, 0.25) is 5.28 Å². The van der Waals surface area contributed by atoms with Crippen molar-refractivity contribution in [3.05, 3.63) is 185 Å². The van der Waals surface area contributed by atoms with Gasteiger partial charge in [-0.15, -0.1) is 0 Å². The number of hydrogen-bond donors (Lipinski definition) is 1. The molecule has 0 saturated carbocycles. The van der Waals surface area contributed by atoms with Crippen LogP contribution in [0.4, 0.5) is 8.78 Å². The highest BCUT2D eigenvalue weighted by Gasteiger charge is 2.14. The number of nitrogens with zero attached hydrogens (tertiary/aromatic N) is 8. The van der Waals surface area contributed by atoms with Crippen molar-refractivity contribution in [3.8, 4) is 74.8 Å². The van der Waals surface area contributed by atoms with Crippen LogP contribution in [0.15, 0.2) is 157 Å². The second-order valence-electron chi connectivity index (χ2n) is 10.4. The predicted molar refractivity (Wildman–Crippen MR) is 216 cm³/mol. The van der Waals surface area contributed by atoms with Crippen LogP contribution in [0.5, 0.6) is 5.75 Å². The molecule has 0 spiro atoms. The lowest BCUT2D eigenvalue weighted by Gasteiger charge is -2.08. The summed E-state index contributed by atoms with van der Waals surface area (Å²) < 4.78 is 182. The van der Waals surface area contributed by atoms with E-state index in [9.17, 15) is 14.0 Å². The SMILES string of the molecule is N#Cc1cc(O[B]O)ccc1F.[2H]c1c([2H])c([2H])c(-c2nc(Cl)nc(-c3c([2H])c([2H])c([2H])c([2H])c3[2H])n2)c([2H])c1[2H].[2H]c1cc(-c2nc(-c3ccc(F)c(C#N)c3)nc(-c3c([2H])c([2H])c([2H])c([2H])c3[2H])n2)c([2H])c([2H])c1[2H]. The fourth-order valence-corrected chi connectivity index (χ4v) is 4.43. The van der Waals surface area contributed by atoms with Gasteiger partial charge in [-0.1, -0.05) is 121 Å². The van der Waals surface area contributed by atoms with Crippen LogP contribution in [-0.2, 0) is 0 Å². The second-order valence-corrected chi connectivity index (χ2v) is 10.8. The summed E-state index contributed by atoms with van der Waals surface area (Å²) >= 11 is 5.91. The van der Waals surface area contributed by atoms with Crippen molar-refractivity contribution in [2.24, 2.45) is 0 Å². The lowest BCUT2D eigenvalue weighted by atomic mass is 10.1. The lowest BCUT2D eigenvalue weighted by molar-refractivity contribution is 0.452. The summed E-state index contributed by atoms with van der Waals surface area (Å²) in [5.41, 5.74) is -1.51. The van der Waals surface area contributed by atoms with Crippen LogP contribution >= 0.6 is 11.6 Å². The van der Waals surface area contributed by atoms with Crippen LogP contribution in [0.25, 0.3) is 56.9 Å². The van der Waals surface area contributed by atoms with Gasteiger partial charge in [0, 0.05) is 27.8 Å². The summed E-state index contributed by atoms with van der Waals surface area (Å²) in [7, 11) is 0.467. The first-order valence-corrected chi connectivity index (χ1v) is 16.1. The van der Waals surface area contributed by atoms with E-state index in [2.05, 4.69) is 34.6 Å². The first kappa shape index (κ1) is 22.1. The molecule has 2 heterocycles. The Labute approximate surface area is 364 Å². The zero-order chi connectivity index (χ0) is 57.2. The van der Waals surface area contributed by atoms with Gasteiger partial charge in [-0.2, -0.15) is 20.5 Å². The summed E-state index contributed by atoms with van der Waals surface area (Å²) in [6, 6.07) is 0.503. The standard InChI is InChI=1S/C22H13FN4.C15H10ClN3.C7H4BFNO2/c23-19-12-11-17(13-18(19)14-24)22-26-20(15-7-3-1-4-8-15)25-21(27-22)16-9-5-2-6-10-16;16-15-18-13(11-7-3-1-4-8-11)17-14(19-15)12-9-5-2-6-10-12;9-7-2-1-6(12-8-11)3-5(7)4-10/h1-13H;1-10H;1-3,11H/i1D,2D,3D,4D,5D,6D,7D,8D,9D;1D,2D,3D,4D,5D,6D,7D,8D,9D,10D;. The predicted octanol–water partition coefficient (Wildman–Crippen LogP) is 9.35. The molecule has 0 aliphatic rings. The number of rotatable bonds is 7. The molecule has 8 aromatic rings. The summed E-state index contributed by atoms with van der Waals surface area (Å²) in [5, 5.41) is 25.4. The highest BCUT2D eigenvalue weighted by Crippen LogP contribution is 2.26. The molecule has 279 valence electrons. The van der Waals surface area contributed by atoms with Crippen molar-refractivity contribution >= 4 is 19.3 Å². The Morgan fingerprint density at radius 1 is 0.517 bits per heavy atom. The lowest BCUT2D eigenvalue weighted by Crippen LogP contribution is -2.00. The highest BCUT2D eigenvalue weighted by atomic mass is 35.5. The van der Waals surface area contributed by atoms with Crippen molar-refractivity contribution in [3.63, 3.8) is 0 Å². The smallest absolute Gasteiger partial charge is 0.537 e. The van der Waals surface area contributed by atoms with Gasteiger partial charge in [0.1, 0.15) is 29.5 Å². The Bertz CT molecular complexity index is 3670. The fraction of sp³-hybridized carbons (Fsp3) is 0. The minimum absolute atomic E-state index is 0.116. The minimum Gasteiger partial charge on any atom is -0.537 e. The van der Waals surface area contributed by atoms with Gasteiger partial charge in [0.05, 0.1) is 37.2 Å². The van der Waals surface area contributed by atoms with E-state index in [1.54, 1.807) is 12.1 Å². The van der Waals surface area contributed by atoms with E-state index in [0.29, 0.717) is 7.69 Å². The summed E-state index contributed by atoms with van der Waals surface area (Å²) in [4.78, 5) is 24.3. The summed E-state index contributed by atoms with van der Waals surface area (Å²) in [5.74, 6) is -2.78. The third-order valence-corrected chi connectivity index (χ3v) is 6.96. The van der Waals surface area contributed by atoms with E-state index in [1.807, 2.05) is 0 Å². The van der Waals surface area contributed by atoms with Gasteiger partial charge in [-0.25, -0.2) is 28.7 Å². The van der Waals surface area contributed by atoms with Crippen molar-refractivity contribution in [2.45, 2.75) is 0 Å². The molecule has 0 aliphatic heterocycles. The van der Waals surface area contributed by atoms with Crippen molar-refractivity contribution < 1.29 is 44.5 Å². The molecule has 0 amide bonds. The van der Waals surface area contributed by atoms with E-state index >= 15 is 0 Å². The molecule has 14 heteroatoms. The van der Waals surface area contributed by atoms with Crippen molar-refractivity contribution in [2.75, 3.05) is 0 Å². The molecule has 10 nitrogen and oxygen atoms in total. The number of aromatic nitrogens is 6. The van der Waals surface area contributed by atoms with E-state index in [-0.39, 0.29) is 79.9 Å². The van der Waals surface area contributed by atoms with Crippen LogP contribution < -0.4 is 4.65 Å². The molecule has 0 aliphatic carbocycles. The molecule has 0 unspecified atom stereocenters. The summed E-state index contributed by atoms with van der Waals surface area (Å²) in [6.45, 7) is 0. The van der Waals surface area contributed by atoms with Crippen molar-refractivity contribution in [1.82, 2.24) is 29.9 Å². The van der Waals surface area contributed by atoms with Gasteiger partial charge >= 0.3 is 7.69 Å². The third-order valence-electron chi connectivity index (χ3n) is 6.80. The molecule has 8 rings (SSSR count). The Morgan fingerprint density at radius 2 is 0.914 bits per heavy atom. The average Bonchev–Trinajstić information content (AvgIpc) is 3.41. The first-order valence-electron chi connectivity index (χ1n) is 25.2. The Kier molecular flexibility index (Phi) is 7.54. The normalized spacial score (nSPS) is 14.6. The molecule has 1 N–H and O–H groups in total. The van der Waals surface area contributed by atoms with Crippen LogP contribution in [-0.4, -0.2) is 42.6 Å². The van der Waals surface area contributed by atoms with Crippen LogP contribution in [0.3, 0.4) is 0 Å². The molecule has 0 saturated heterocycles. The molecule has 1 radical (unpaired) electrons. The highest BCUT2D eigenvalue weighted by molar-refractivity contribution is 6.28. The Balaban J connectivity index is 0.000000209. The molecule has 6 aromatic carbocycles. The maximum atomic E-state index is 13.9. The van der Waals surface area contributed by atoms with Crippen LogP contribution in [0.2, 0.25) is 5.28 Å². The molecule has 2 aromatic heterocycles. The fourth-order valence-electron chi connectivity index (χ4n) is 4.27. The van der Waals surface area contributed by atoms with Gasteiger partial charge in [-0.05, 0) is 48.0 Å². The molecule has 0 bridgehead atoms. The van der Waals surface area contributed by atoms with Crippen molar-refractivity contribution in [1.29, 1.82) is 10.5 Å². The zero-order valence-corrected chi connectivity index (χ0v) is 29.4. The van der Waals surface area contributed by atoms with E-state index < -0.39 is 126 Å². The Hall–Kier alpha value is -7.71. The molecule has 0 fully saturated rings. The van der Waals surface area contributed by atoms with E-state index in [4.69, 9.17) is 47.9 Å². The monoisotopic (exact) mass is 802 g/mol. The molecular formula is C44H27BClF2N8O2. The van der Waals surface area contributed by atoms with E-state index in [1.165, 1.54) is 18.2 Å². The number of nitriles is 2. The van der Waals surface area contributed by atoms with Gasteiger partial charge < -0.3 is 9.68 Å². The Morgan fingerprint density at radius 3 is 1.40 bits per heavy atom. The van der Waals surface area contributed by atoms with Crippen LogP contribution in [0, 0.1) is 34.3 Å². The maximum absolute atomic E-state index is 13.9. The quantitative estimate of drug-likeness (QED) is 0.154. The average molecular weight is 803 g/mol. The molecule has 0 atom stereocenters. The second kappa shape index (κ2) is 19.8. The summed E-state index contributed by atoms with van der Waals surface area (Å²) in [6.07, 6.45) is 0. The first-order chi connectivity index (χ1) is 36.2. The number of halogens is 3.